The molecule has 3 N–H and O–H groups in total. The van der Waals surface area contributed by atoms with Gasteiger partial charge in [-0.05, 0) is 47.7 Å². The zero-order chi connectivity index (χ0) is 20.5. The van der Waals surface area contributed by atoms with Crippen molar-refractivity contribution in [1.82, 2.24) is 0 Å². The van der Waals surface area contributed by atoms with Gasteiger partial charge in [-0.2, -0.15) is 0 Å². The molecule has 8 heteroatoms. The number of ether oxygens (including phenoxy) is 1. The molecule has 1 fully saturated rings. The van der Waals surface area contributed by atoms with Crippen molar-refractivity contribution in [3.8, 4) is 5.75 Å². The van der Waals surface area contributed by atoms with Gasteiger partial charge >= 0.3 is 6.36 Å². The third-order valence-corrected chi connectivity index (χ3v) is 5.77. The number of benzene rings is 2. The van der Waals surface area contributed by atoms with Crippen LogP contribution in [0.15, 0.2) is 42.5 Å². The van der Waals surface area contributed by atoms with E-state index >= 15 is 0 Å². The van der Waals surface area contributed by atoms with Crippen LogP contribution in [0.1, 0.15) is 23.1 Å². The smallest absolute Gasteiger partial charge is 0.406 e. The molecule has 2 aromatic rings. The summed E-state index contributed by atoms with van der Waals surface area (Å²) in [5.41, 5.74) is 1.49. The predicted molar refractivity (Wildman–Crippen MR) is 97.3 cm³/mol. The van der Waals surface area contributed by atoms with E-state index in [1.54, 1.807) is 12.1 Å². The molecule has 3 atom stereocenters. The Hall–Kier alpha value is -1.80. The van der Waals surface area contributed by atoms with E-state index in [-0.39, 0.29) is 19.0 Å². The Morgan fingerprint density at radius 3 is 2.32 bits per heavy atom. The molecule has 152 valence electrons. The molecule has 1 saturated carbocycles. The second-order valence-corrected chi connectivity index (χ2v) is 7.46. The molecule has 0 bridgehead atoms. The maximum Gasteiger partial charge on any atom is 0.573 e. The van der Waals surface area contributed by atoms with Crippen molar-refractivity contribution in [2.75, 3.05) is 13.2 Å². The Balaban J connectivity index is 1.83. The van der Waals surface area contributed by atoms with Crippen molar-refractivity contribution in [3.05, 3.63) is 64.2 Å². The normalized spacial score (nSPS) is 24.7. The molecule has 0 heterocycles. The van der Waals surface area contributed by atoms with Crippen LogP contribution in [0.25, 0.3) is 0 Å². The monoisotopic (exact) mass is 416 g/mol. The van der Waals surface area contributed by atoms with Crippen molar-refractivity contribution in [2.24, 2.45) is 5.92 Å². The first kappa shape index (κ1) is 20.9. The highest BCUT2D eigenvalue weighted by Gasteiger charge is 2.53. The van der Waals surface area contributed by atoms with Crippen molar-refractivity contribution in [3.63, 3.8) is 0 Å². The van der Waals surface area contributed by atoms with Gasteiger partial charge < -0.3 is 20.1 Å². The number of aliphatic hydroxyl groups excluding tert-OH is 3. The highest BCUT2D eigenvalue weighted by atomic mass is 35.5. The summed E-state index contributed by atoms with van der Waals surface area (Å²) in [6.07, 6.45) is -4.72. The predicted octanol–water partition coefficient (Wildman–Crippen LogP) is 3.43. The molecular weight excluding hydrogens is 397 g/mol. The van der Waals surface area contributed by atoms with Crippen molar-refractivity contribution >= 4 is 11.6 Å². The minimum Gasteiger partial charge on any atom is -0.406 e. The quantitative estimate of drug-likeness (QED) is 0.674. The summed E-state index contributed by atoms with van der Waals surface area (Å²) in [5.74, 6) is -0.769. The number of aliphatic hydroxyl groups is 3. The minimum absolute atomic E-state index is 0.222. The minimum atomic E-state index is -4.74. The average Bonchev–Trinajstić information content (AvgIpc) is 2.62. The van der Waals surface area contributed by atoms with E-state index in [2.05, 4.69) is 4.74 Å². The zero-order valence-corrected chi connectivity index (χ0v) is 15.5. The van der Waals surface area contributed by atoms with E-state index in [0.29, 0.717) is 17.9 Å². The lowest BCUT2D eigenvalue weighted by molar-refractivity contribution is -0.274. The van der Waals surface area contributed by atoms with E-state index in [1.807, 2.05) is 6.07 Å². The van der Waals surface area contributed by atoms with Crippen LogP contribution in [0, 0.1) is 5.92 Å². The summed E-state index contributed by atoms with van der Waals surface area (Å²) < 4.78 is 40.7. The molecule has 0 amide bonds. The molecule has 0 aliphatic heterocycles. The number of rotatable bonds is 6. The van der Waals surface area contributed by atoms with E-state index in [0.717, 1.165) is 16.7 Å². The molecule has 3 rings (SSSR count). The molecule has 1 aliphatic rings. The number of hydrogen-bond acceptors (Lipinski definition) is 4. The fourth-order valence-electron chi connectivity index (χ4n) is 3.82. The van der Waals surface area contributed by atoms with Gasteiger partial charge in [0.1, 0.15) is 5.75 Å². The molecule has 0 aromatic heterocycles. The van der Waals surface area contributed by atoms with E-state index < -0.39 is 23.8 Å². The van der Waals surface area contributed by atoms with Gasteiger partial charge in [0.25, 0.3) is 0 Å². The average molecular weight is 417 g/mol. The van der Waals surface area contributed by atoms with Gasteiger partial charge in [0.05, 0.1) is 12.7 Å². The Bertz CT molecular complexity index is 825. The Labute approximate surface area is 165 Å². The second kappa shape index (κ2) is 7.91. The van der Waals surface area contributed by atoms with Gasteiger partial charge in [-0.1, -0.05) is 35.9 Å². The summed E-state index contributed by atoms with van der Waals surface area (Å²) in [5, 5.41) is 29.9. The third-order valence-electron chi connectivity index (χ3n) is 5.40. The van der Waals surface area contributed by atoms with E-state index in [4.69, 9.17) is 11.6 Å². The standard InChI is InChI=1S/C20H20ClF3O4/c21-17-6-3-14(19(11-26)9-18(27)16(19)10-25)8-13(17)7-12-1-4-15(5-2-12)28-20(22,23)24/h1-6,8,16,18,25-27H,7,9-11H2/t16-,18?,19?/m1/s1. The molecule has 28 heavy (non-hydrogen) atoms. The van der Waals surface area contributed by atoms with Crippen LogP contribution in [-0.4, -0.2) is 41.0 Å². The first-order valence-corrected chi connectivity index (χ1v) is 9.09. The summed E-state index contributed by atoms with van der Waals surface area (Å²) in [4.78, 5) is 0. The Kier molecular flexibility index (Phi) is 5.91. The van der Waals surface area contributed by atoms with Crippen LogP contribution in [0.4, 0.5) is 13.2 Å². The van der Waals surface area contributed by atoms with Crippen LogP contribution in [0.3, 0.4) is 0 Å². The van der Waals surface area contributed by atoms with Gasteiger partial charge in [-0.25, -0.2) is 0 Å². The maximum atomic E-state index is 12.3. The van der Waals surface area contributed by atoms with Crippen molar-refractivity contribution < 1.29 is 33.2 Å². The van der Waals surface area contributed by atoms with Gasteiger partial charge in [0.2, 0.25) is 0 Å². The third kappa shape index (κ3) is 4.12. The first-order valence-electron chi connectivity index (χ1n) is 8.72. The van der Waals surface area contributed by atoms with Gasteiger partial charge in [-0.15, -0.1) is 13.2 Å². The van der Waals surface area contributed by atoms with E-state index in [9.17, 15) is 28.5 Å². The van der Waals surface area contributed by atoms with E-state index in [1.165, 1.54) is 24.3 Å². The van der Waals surface area contributed by atoms with Gasteiger partial charge in [-0.3, -0.25) is 0 Å². The second-order valence-electron chi connectivity index (χ2n) is 7.05. The summed E-state index contributed by atoms with van der Waals surface area (Å²) in [6.45, 7) is -0.472. The first-order chi connectivity index (χ1) is 13.2. The van der Waals surface area contributed by atoms with Crippen LogP contribution in [-0.2, 0) is 11.8 Å². The molecule has 4 nitrogen and oxygen atoms in total. The Morgan fingerprint density at radius 1 is 1.11 bits per heavy atom. The molecule has 0 radical (unpaired) electrons. The van der Waals surface area contributed by atoms with Crippen molar-refractivity contribution in [2.45, 2.75) is 30.7 Å². The van der Waals surface area contributed by atoms with Gasteiger partial charge in [0.15, 0.2) is 0 Å². The summed E-state index contributed by atoms with van der Waals surface area (Å²) in [6, 6.07) is 10.8. The summed E-state index contributed by atoms with van der Waals surface area (Å²) in [7, 11) is 0. The van der Waals surface area contributed by atoms with Crippen LogP contribution in [0.2, 0.25) is 5.02 Å². The molecule has 0 saturated heterocycles. The topological polar surface area (TPSA) is 69.9 Å². The SMILES string of the molecule is OC[C@@H]1C(O)CC1(CO)c1ccc(Cl)c(Cc2ccc(OC(F)(F)F)cc2)c1. The maximum absolute atomic E-state index is 12.3. The molecule has 0 spiro atoms. The highest BCUT2D eigenvalue weighted by Crippen LogP contribution is 2.49. The fraction of sp³-hybridized carbons (Fsp3) is 0.400. The zero-order valence-electron chi connectivity index (χ0n) is 14.8. The van der Waals surface area contributed by atoms with Crippen molar-refractivity contribution in [1.29, 1.82) is 0 Å². The van der Waals surface area contributed by atoms with Gasteiger partial charge in [0, 0.05) is 23.0 Å². The van der Waals surface area contributed by atoms with Crippen LogP contribution in [0.5, 0.6) is 5.75 Å². The molecule has 2 unspecified atom stereocenters. The lowest BCUT2D eigenvalue weighted by Gasteiger charge is -2.52. The fourth-order valence-corrected chi connectivity index (χ4v) is 4.01. The number of halogens is 4. The van der Waals surface area contributed by atoms with Crippen LogP contribution < -0.4 is 4.74 Å². The lowest BCUT2D eigenvalue weighted by atomic mass is 9.55. The lowest BCUT2D eigenvalue weighted by Crippen LogP contribution is -2.58. The molecule has 2 aromatic carbocycles. The number of alkyl halides is 3. The highest BCUT2D eigenvalue weighted by molar-refractivity contribution is 6.31. The number of hydrogen-bond donors (Lipinski definition) is 3. The molecular formula is C20H20ClF3O4. The molecule has 1 aliphatic carbocycles. The van der Waals surface area contributed by atoms with Crippen LogP contribution >= 0.6 is 11.6 Å². The Morgan fingerprint density at radius 2 is 1.79 bits per heavy atom. The largest absolute Gasteiger partial charge is 0.573 e. The summed E-state index contributed by atoms with van der Waals surface area (Å²) >= 11 is 6.28.